The van der Waals surface area contributed by atoms with Crippen LogP contribution >= 0.6 is 0 Å². The SMILES string of the molecule is Cc1cc(-c2ccnc(C(=O)Nc3c(C)cc(CO)cc3C)n2)c(O)cc1F. The number of carbonyl (C=O) groups excluding carboxylic acids is 1. The number of hydrogen-bond acceptors (Lipinski definition) is 5. The zero-order chi connectivity index (χ0) is 20.4. The van der Waals surface area contributed by atoms with E-state index in [0.717, 1.165) is 22.8 Å². The minimum absolute atomic E-state index is 0.0797. The molecule has 1 amide bonds. The lowest BCUT2D eigenvalue weighted by Gasteiger charge is -2.13. The van der Waals surface area contributed by atoms with Gasteiger partial charge in [0.25, 0.3) is 5.91 Å². The highest BCUT2D eigenvalue weighted by atomic mass is 19.1. The molecule has 28 heavy (non-hydrogen) atoms. The van der Waals surface area contributed by atoms with E-state index in [1.807, 2.05) is 13.8 Å². The highest BCUT2D eigenvalue weighted by Crippen LogP contribution is 2.30. The third-order valence-corrected chi connectivity index (χ3v) is 4.43. The number of carbonyl (C=O) groups is 1. The summed E-state index contributed by atoms with van der Waals surface area (Å²) in [4.78, 5) is 20.9. The molecule has 0 saturated carbocycles. The molecule has 0 spiro atoms. The summed E-state index contributed by atoms with van der Waals surface area (Å²) in [7, 11) is 0. The van der Waals surface area contributed by atoms with Crippen molar-refractivity contribution in [1.29, 1.82) is 0 Å². The van der Waals surface area contributed by atoms with E-state index in [1.165, 1.54) is 18.3 Å². The highest BCUT2D eigenvalue weighted by Gasteiger charge is 2.16. The molecule has 0 radical (unpaired) electrons. The smallest absolute Gasteiger partial charge is 0.293 e. The van der Waals surface area contributed by atoms with Crippen molar-refractivity contribution >= 4 is 11.6 Å². The predicted octanol–water partition coefficient (Wildman–Crippen LogP) is 3.66. The van der Waals surface area contributed by atoms with Crippen LogP contribution in [0.25, 0.3) is 11.3 Å². The van der Waals surface area contributed by atoms with E-state index in [2.05, 4.69) is 15.3 Å². The first-order valence-corrected chi connectivity index (χ1v) is 8.65. The molecule has 1 aromatic heterocycles. The molecule has 0 saturated heterocycles. The first-order valence-electron chi connectivity index (χ1n) is 8.65. The number of phenols is 1. The number of nitrogens with zero attached hydrogens (tertiary/aromatic N) is 2. The molecule has 144 valence electrons. The van der Waals surface area contributed by atoms with Gasteiger partial charge in [0.15, 0.2) is 0 Å². The first kappa shape index (κ1) is 19.4. The summed E-state index contributed by atoms with van der Waals surface area (Å²) >= 11 is 0. The van der Waals surface area contributed by atoms with E-state index in [-0.39, 0.29) is 18.2 Å². The molecule has 0 atom stereocenters. The lowest BCUT2D eigenvalue weighted by atomic mass is 10.0. The van der Waals surface area contributed by atoms with Gasteiger partial charge in [0, 0.05) is 23.5 Å². The van der Waals surface area contributed by atoms with E-state index in [9.17, 15) is 19.4 Å². The fourth-order valence-electron chi connectivity index (χ4n) is 3.01. The largest absolute Gasteiger partial charge is 0.507 e. The van der Waals surface area contributed by atoms with Crippen molar-refractivity contribution < 1.29 is 19.4 Å². The maximum atomic E-state index is 13.6. The summed E-state index contributed by atoms with van der Waals surface area (Å²) in [6.07, 6.45) is 1.41. The number of halogens is 1. The van der Waals surface area contributed by atoms with Crippen LogP contribution in [-0.4, -0.2) is 26.1 Å². The van der Waals surface area contributed by atoms with Crippen LogP contribution in [0.15, 0.2) is 36.5 Å². The van der Waals surface area contributed by atoms with E-state index in [4.69, 9.17) is 0 Å². The Kier molecular flexibility index (Phi) is 5.37. The fraction of sp³-hybridized carbons (Fsp3) is 0.190. The van der Waals surface area contributed by atoms with E-state index >= 15 is 0 Å². The molecule has 3 N–H and O–H groups in total. The molecule has 0 aliphatic carbocycles. The van der Waals surface area contributed by atoms with Gasteiger partial charge in [0.05, 0.1) is 12.3 Å². The number of benzene rings is 2. The maximum Gasteiger partial charge on any atom is 0.293 e. The fourth-order valence-corrected chi connectivity index (χ4v) is 3.01. The minimum atomic E-state index is -0.523. The van der Waals surface area contributed by atoms with Gasteiger partial charge in [-0.1, -0.05) is 12.1 Å². The third kappa shape index (κ3) is 3.84. The number of rotatable bonds is 4. The van der Waals surface area contributed by atoms with Crippen molar-refractivity contribution in [1.82, 2.24) is 9.97 Å². The van der Waals surface area contributed by atoms with Crippen LogP contribution in [0.2, 0.25) is 0 Å². The number of hydrogen-bond donors (Lipinski definition) is 3. The molecule has 3 rings (SSSR count). The van der Waals surface area contributed by atoms with Crippen LogP contribution in [0.3, 0.4) is 0 Å². The number of amides is 1. The van der Waals surface area contributed by atoms with Crippen LogP contribution in [0.5, 0.6) is 5.75 Å². The number of aromatic hydroxyl groups is 1. The van der Waals surface area contributed by atoms with Gasteiger partial charge in [-0.2, -0.15) is 0 Å². The van der Waals surface area contributed by atoms with E-state index in [0.29, 0.717) is 22.5 Å². The second kappa shape index (κ2) is 7.74. The van der Waals surface area contributed by atoms with Gasteiger partial charge in [0.1, 0.15) is 11.6 Å². The van der Waals surface area contributed by atoms with E-state index in [1.54, 1.807) is 19.1 Å². The summed E-state index contributed by atoms with van der Waals surface area (Å²) in [5.74, 6) is -1.38. The Bertz CT molecular complexity index is 1040. The number of phenolic OH excluding ortho intramolecular Hbond substituents is 1. The molecule has 6 nitrogen and oxygen atoms in total. The quantitative estimate of drug-likeness (QED) is 0.641. The van der Waals surface area contributed by atoms with Crippen molar-refractivity contribution in [3.63, 3.8) is 0 Å². The number of nitrogens with one attached hydrogen (secondary N) is 1. The lowest BCUT2D eigenvalue weighted by molar-refractivity contribution is 0.101. The molecule has 0 bridgehead atoms. The number of aliphatic hydroxyl groups excluding tert-OH is 1. The van der Waals surface area contributed by atoms with Gasteiger partial charge in [-0.15, -0.1) is 0 Å². The van der Waals surface area contributed by atoms with Crippen molar-refractivity contribution in [3.05, 3.63) is 70.4 Å². The van der Waals surface area contributed by atoms with Crippen molar-refractivity contribution in [2.75, 3.05) is 5.32 Å². The lowest BCUT2D eigenvalue weighted by Crippen LogP contribution is -2.17. The normalized spacial score (nSPS) is 10.8. The Balaban J connectivity index is 1.93. The van der Waals surface area contributed by atoms with Crippen molar-refractivity contribution in [3.8, 4) is 17.0 Å². The highest BCUT2D eigenvalue weighted by molar-refractivity contribution is 6.02. The van der Waals surface area contributed by atoms with Gasteiger partial charge in [-0.25, -0.2) is 14.4 Å². The van der Waals surface area contributed by atoms with Gasteiger partial charge < -0.3 is 15.5 Å². The molecule has 7 heteroatoms. The van der Waals surface area contributed by atoms with Gasteiger partial charge in [0.2, 0.25) is 5.82 Å². The summed E-state index contributed by atoms with van der Waals surface area (Å²) in [5, 5.41) is 22.1. The van der Waals surface area contributed by atoms with Crippen LogP contribution in [0, 0.1) is 26.6 Å². The first-order chi connectivity index (χ1) is 13.3. The molecule has 3 aromatic rings. The zero-order valence-corrected chi connectivity index (χ0v) is 15.7. The van der Waals surface area contributed by atoms with Crippen LogP contribution in [-0.2, 0) is 6.61 Å². The Labute approximate surface area is 161 Å². The topological polar surface area (TPSA) is 95.3 Å². The summed E-state index contributed by atoms with van der Waals surface area (Å²) in [6, 6.07) is 7.60. The standard InChI is InChI=1S/C21H20FN3O3/c1-11-8-15(18(27)9-16(11)22)17-4-5-23-20(24-17)21(28)25-19-12(2)6-14(10-26)7-13(19)3/h4-9,26-27H,10H2,1-3H3,(H,25,28). The minimum Gasteiger partial charge on any atom is -0.507 e. The Morgan fingerprint density at radius 3 is 2.43 bits per heavy atom. The molecule has 1 heterocycles. The third-order valence-electron chi connectivity index (χ3n) is 4.43. The molecule has 0 fully saturated rings. The molecular weight excluding hydrogens is 361 g/mol. The molecule has 0 aliphatic rings. The summed E-state index contributed by atoms with van der Waals surface area (Å²) in [6.45, 7) is 5.16. The molecular formula is C21H20FN3O3. The average molecular weight is 381 g/mol. The monoisotopic (exact) mass is 381 g/mol. The Hall–Kier alpha value is -3.32. The van der Waals surface area contributed by atoms with Crippen LogP contribution in [0.1, 0.15) is 32.9 Å². The van der Waals surface area contributed by atoms with Crippen LogP contribution < -0.4 is 5.32 Å². The zero-order valence-electron chi connectivity index (χ0n) is 15.7. The number of anilines is 1. The summed E-state index contributed by atoms with van der Waals surface area (Å²) in [5.41, 5.74) is 3.97. The number of aromatic nitrogens is 2. The Morgan fingerprint density at radius 1 is 1.11 bits per heavy atom. The Morgan fingerprint density at radius 2 is 1.79 bits per heavy atom. The predicted molar refractivity (Wildman–Crippen MR) is 104 cm³/mol. The number of aliphatic hydroxyl groups is 1. The molecule has 0 unspecified atom stereocenters. The van der Waals surface area contributed by atoms with Gasteiger partial charge >= 0.3 is 0 Å². The van der Waals surface area contributed by atoms with Gasteiger partial charge in [-0.05, 0) is 55.2 Å². The molecule has 0 aliphatic heterocycles. The van der Waals surface area contributed by atoms with Crippen molar-refractivity contribution in [2.45, 2.75) is 27.4 Å². The average Bonchev–Trinajstić information content (AvgIpc) is 2.67. The molecule has 2 aromatic carbocycles. The van der Waals surface area contributed by atoms with Gasteiger partial charge in [-0.3, -0.25) is 4.79 Å². The van der Waals surface area contributed by atoms with E-state index < -0.39 is 11.7 Å². The second-order valence-corrected chi connectivity index (χ2v) is 6.60. The second-order valence-electron chi connectivity index (χ2n) is 6.60. The van der Waals surface area contributed by atoms with Crippen LogP contribution in [0.4, 0.5) is 10.1 Å². The maximum absolute atomic E-state index is 13.6. The number of aryl methyl sites for hydroxylation is 3. The van der Waals surface area contributed by atoms with Crippen molar-refractivity contribution in [2.24, 2.45) is 0 Å². The summed E-state index contributed by atoms with van der Waals surface area (Å²) < 4.78 is 13.6.